The molecule has 0 saturated carbocycles. The summed E-state index contributed by atoms with van der Waals surface area (Å²) in [6.07, 6.45) is 4.01. The van der Waals surface area contributed by atoms with Gasteiger partial charge in [0, 0.05) is 42.8 Å². The Labute approximate surface area is 148 Å². The average molecular weight is 343 g/mol. The van der Waals surface area contributed by atoms with Crippen molar-refractivity contribution in [2.24, 2.45) is 5.11 Å². The van der Waals surface area contributed by atoms with E-state index in [2.05, 4.69) is 21.4 Å². The van der Waals surface area contributed by atoms with Gasteiger partial charge in [0.25, 0.3) is 5.91 Å². The van der Waals surface area contributed by atoms with Gasteiger partial charge in [-0.3, -0.25) is 4.79 Å². The second-order valence-corrected chi connectivity index (χ2v) is 6.55. The van der Waals surface area contributed by atoms with E-state index in [1.807, 2.05) is 17.0 Å². The van der Waals surface area contributed by atoms with Crippen molar-refractivity contribution in [2.75, 3.05) is 32.8 Å². The Kier molecular flexibility index (Phi) is 6.28. The van der Waals surface area contributed by atoms with Gasteiger partial charge in [-0.15, -0.1) is 0 Å². The first-order valence-corrected chi connectivity index (χ1v) is 9.02. The number of fused-ring (bicyclic) bond motifs is 1. The van der Waals surface area contributed by atoms with E-state index in [1.54, 1.807) is 0 Å². The molecule has 0 spiro atoms. The lowest BCUT2D eigenvalue weighted by Gasteiger charge is -2.31. The first-order valence-electron chi connectivity index (χ1n) is 9.02. The van der Waals surface area contributed by atoms with Crippen LogP contribution in [0.25, 0.3) is 10.4 Å². The number of azide groups is 1. The molecular formula is C18H25N5O2. The first kappa shape index (κ1) is 17.7. The average Bonchev–Trinajstić information content (AvgIpc) is 2.99. The minimum Gasteiger partial charge on any atom is -0.381 e. The van der Waals surface area contributed by atoms with Crippen molar-refractivity contribution in [1.82, 2.24) is 10.2 Å². The molecule has 0 radical (unpaired) electrons. The Morgan fingerprint density at radius 2 is 2.32 bits per heavy atom. The number of aryl methyl sites for hydroxylation is 1. The minimum absolute atomic E-state index is 0.177. The molecule has 7 nitrogen and oxygen atoms in total. The highest BCUT2D eigenvalue weighted by molar-refractivity contribution is 5.99. The number of piperidine rings is 1. The van der Waals surface area contributed by atoms with E-state index in [4.69, 9.17) is 10.3 Å². The highest BCUT2D eigenvalue weighted by Gasteiger charge is 2.34. The third-order valence-electron chi connectivity index (χ3n) is 4.94. The molecule has 0 aromatic heterocycles. The monoisotopic (exact) mass is 343 g/mol. The van der Waals surface area contributed by atoms with Crippen LogP contribution in [0, 0.1) is 0 Å². The first-order chi connectivity index (χ1) is 12.3. The predicted octanol–water partition coefficient (Wildman–Crippen LogP) is 2.65. The molecular weight excluding hydrogens is 318 g/mol. The van der Waals surface area contributed by atoms with Gasteiger partial charge >= 0.3 is 0 Å². The molecule has 7 heteroatoms. The summed E-state index contributed by atoms with van der Waals surface area (Å²) in [5, 5.41) is 6.84. The van der Waals surface area contributed by atoms with Crippen LogP contribution in [0.3, 0.4) is 0 Å². The maximum atomic E-state index is 12.8. The summed E-state index contributed by atoms with van der Waals surface area (Å²) in [6, 6.07) is 6.37. The number of amides is 1. The van der Waals surface area contributed by atoms with Crippen molar-refractivity contribution >= 4 is 5.91 Å². The summed E-state index contributed by atoms with van der Waals surface area (Å²) in [4.78, 5) is 17.5. The third kappa shape index (κ3) is 4.31. The topological polar surface area (TPSA) is 90.3 Å². The molecule has 0 bridgehead atoms. The fourth-order valence-corrected chi connectivity index (χ4v) is 3.66. The SMILES string of the molecule is [N-]=[N+]=NCCOCCCc1cccc2c1CN(C1CCCNC1)C2=O. The highest BCUT2D eigenvalue weighted by Crippen LogP contribution is 2.29. The molecule has 1 aromatic carbocycles. The largest absolute Gasteiger partial charge is 0.381 e. The quantitative estimate of drug-likeness (QED) is 0.340. The highest BCUT2D eigenvalue weighted by atomic mass is 16.5. The van der Waals surface area contributed by atoms with Crippen LogP contribution in [0.15, 0.2) is 23.3 Å². The zero-order valence-electron chi connectivity index (χ0n) is 14.5. The second kappa shape index (κ2) is 8.85. The lowest BCUT2D eigenvalue weighted by Crippen LogP contribution is -2.46. The van der Waals surface area contributed by atoms with Crippen molar-refractivity contribution in [1.29, 1.82) is 0 Å². The molecule has 1 fully saturated rings. The van der Waals surface area contributed by atoms with E-state index in [0.717, 1.165) is 50.9 Å². The van der Waals surface area contributed by atoms with Crippen molar-refractivity contribution in [3.63, 3.8) is 0 Å². The van der Waals surface area contributed by atoms with Crippen LogP contribution >= 0.6 is 0 Å². The van der Waals surface area contributed by atoms with Crippen LogP contribution in [-0.4, -0.2) is 49.7 Å². The molecule has 1 unspecified atom stereocenters. The van der Waals surface area contributed by atoms with Gasteiger partial charge in [0.15, 0.2) is 0 Å². The summed E-state index contributed by atoms with van der Waals surface area (Å²) >= 11 is 0. The summed E-state index contributed by atoms with van der Waals surface area (Å²) in [5.41, 5.74) is 11.5. The van der Waals surface area contributed by atoms with Crippen molar-refractivity contribution < 1.29 is 9.53 Å². The Balaban J connectivity index is 1.56. The van der Waals surface area contributed by atoms with E-state index in [-0.39, 0.29) is 5.91 Å². The number of hydrogen-bond donors (Lipinski definition) is 1. The maximum Gasteiger partial charge on any atom is 0.254 e. The molecule has 2 aliphatic rings. The number of nitrogens with one attached hydrogen (secondary N) is 1. The minimum atomic E-state index is 0.177. The molecule has 1 atom stereocenters. The number of hydrogen-bond acceptors (Lipinski definition) is 4. The Bertz CT molecular complexity index is 651. The van der Waals surface area contributed by atoms with Crippen LogP contribution in [-0.2, 0) is 17.7 Å². The van der Waals surface area contributed by atoms with Crippen LogP contribution in [0.2, 0.25) is 0 Å². The summed E-state index contributed by atoms with van der Waals surface area (Å²) in [7, 11) is 0. The van der Waals surface area contributed by atoms with Gasteiger partial charge in [0.2, 0.25) is 0 Å². The second-order valence-electron chi connectivity index (χ2n) is 6.55. The van der Waals surface area contributed by atoms with E-state index in [1.165, 1.54) is 11.1 Å². The van der Waals surface area contributed by atoms with Gasteiger partial charge < -0.3 is 15.0 Å². The van der Waals surface area contributed by atoms with E-state index in [0.29, 0.717) is 25.8 Å². The molecule has 1 aromatic rings. The number of rotatable bonds is 8. The molecule has 25 heavy (non-hydrogen) atoms. The number of ether oxygens (including phenoxy) is 1. The van der Waals surface area contributed by atoms with Crippen molar-refractivity contribution in [3.05, 3.63) is 45.3 Å². The predicted molar refractivity (Wildman–Crippen MR) is 95.4 cm³/mol. The Hall–Kier alpha value is -2.08. The Morgan fingerprint density at radius 3 is 3.12 bits per heavy atom. The van der Waals surface area contributed by atoms with Crippen LogP contribution in [0.1, 0.15) is 40.7 Å². The molecule has 2 heterocycles. The van der Waals surface area contributed by atoms with Gasteiger partial charge in [0.05, 0.1) is 6.61 Å². The Morgan fingerprint density at radius 1 is 1.40 bits per heavy atom. The van der Waals surface area contributed by atoms with Gasteiger partial charge in [-0.25, -0.2) is 0 Å². The molecule has 1 amide bonds. The normalized spacial score (nSPS) is 19.6. The molecule has 134 valence electrons. The van der Waals surface area contributed by atoms with Crippen LogP contribution in [0.5, 0.6) is 0 Å². The summed E-state index contributed by atoms with van der Waals surface area (Å²) < 4.78 is 5.46. The third-order valence-corrected chi connectivity index (χ3v) is 4.94. The van der Waals surface area contributed by atoms with Crippen LogP contribution in [0.4, 0.5) is 0 Å². The zero-order valence-corrected chi connectivity index (χ0v) is 14.5. The van der Waals surface area contributed by atoms with Crippen molar-refractivity contribution in [2.45, 2.75) is 38.3 Å². The summed E-state index contributed by atoms with van der Waals surface area (Å²) in [5.74, 6) is 0.177. The standard InChI is InChI=1S/C18H25N5O2/c19-22-21-9-11-25-10-3-5-14-4-1-7-16-17(14)13-23(18(16)24)15-6-2-8-20-12-15/h1,4,7,15,20H,2-3,5-6,8-13H2. The lowest BCUT2D eigenvalue weighted by atomic mass is 10.00. The van der Waals surface area contributed by atoms with Gasteiger partial charge in [-0.2, -0.15) is 0 Å². The summed E-state index contributed by atoms with van der Waals surface area (Å²) in [6.45, 7) is 4.14. The number of benzene rings is 1. The molecule has 2 aliphatic heterocycles. The van der Waals surface area contributed by atoms with E-state index < -0.39 is 0 Å². The van der Waals surface area contributed by atoms with Crippen molar-refractivity contribution in [3.8, 4) is 0 Å². The smallest absolute Gasteiger partial charge is 0.254 e. The number of nitrogens with zero attached hydrogens (tertiary/aromatic N) is 4. The molecule has 0 aliphatic carbocycles. The lowest BCUT2D eigenvalue weighted by molar-refractivity contribution is 0.0674. The fourth-order valence-electron chi connectivity index (χ4n) is 3.66. The van der Waals surface area contributed by atoms with Gasteiger partial charge in [0.1, 0.15) is 0 Å². The molecule has 1 saturated heterocycles. The number of carbonyl (C=O) groups excluding carboxylic acids is 1. The zero-order chi connectivity index (χ0) is 17.5. The van der Waals surface area contributed by atoms with Crippen LogP contribution < -0.4 is 5.32 Å². The van der Waals surface area contributed by atoms with E-state index in [9.17, 15) is 4.79 Å². The van der Waals surface area contributed by atoms with E-state index >= 15 is 0 Å². The van der Waals surface area contributed by atoms with Gasteiger partial charge in [-0.05, 0) is 55.0 Å². The molecule has 1 N–H and O–H groups in total. The number of carbonyl (C=O) groups is 1. The van der Waals surface area contributed by atoms with Gasteiger partial charge in [-0.1, -0.05) is 17.2 Å². The fraction of sp³-hybridized carbons (Fsp3) is 0.611. The maximum absolute atomic E-state index is 12.8. The molecule has 3 rings (SSSR count).